The van der Waals surface area contributed by atoms with Crippen LogP contribution in [0.1, 0.15) is 44.2 Å². The number of nitrogens with one attached hydrogen (secondary N) is 1. The normalized spacial score (nSPS) is 17.1. The predicted octanol–water partition coefficient (Wildman–Crippen LogP) is 4.83. The Hall–Kier alpha value is -0.240. The van der Waals surface area contributed by atoms with Crippen molar-refractivity contribution in [3.63, 3.8) is 0 Å². The summed E-state index contributed by atoms with van der Waals surface area (Å²) < 4.78 is 0. The van der Waals surface area contributed by atoms with Crippen molar-refractivity contribution in [3.05, 3.63) is 33.8 Å². The third-order valence-electron chi connectivity index (χ3n) is 3.24. The van der Waals surface area contributed by atoms with Gasteiger partial charge in [-0.3, -0.25) is 0 Å². The maximum absolute atomic E-state index is 6.28. The van der Waals surface area contributed by atoms with E-state index in [0.29, 0.717) is 11.1 Å². The molecular formula is C14H19Cl2N. The molecule has 0 bridgehead atoms. The maximum atomic E-state index is 6.28. The molecule has 1 aliphatic carbocycles. The minimum Gasteiger partial charge on any atom is -0.310 e. The number of hydrogen-bond donors (Lipinski definition) is 1. The van der Waals surface area contributed by atoms with Crippen molar-refractivity contribution in [2.45, 2.75) is 38.6 Å². The molecule has 0 amide bonds. The van der Waals surface area contributed by atoms with E-state index in [1.165, 1.54) is 24.8 Å². The molecule has 1 atom stereocenters. The lowest BCUT2D eigenvalue weighted by Gasteiger charge is -2.20. The van der Waals surface area contributed by atoms with E-state index in [1.54, 1.807) is 0 Å². The van der Waals surface area contributed by atoms with E-state index in [1.807, 2.05) is 12.1 Å². The van der Waals surface area contributed by atoms with Crippen LogP contribution in [0.2, 0.25) is 10.0 Å². The van der Waals surface area contributed by atoms with Gasteiger partial charge in [0.05, 0.1) is 0 Å². The summed E-state index contributed by atoms with van der Waals surface area (Å²) in [5.41, 5.74) is 1.19. The third kappa shape index (κ3) is 3.87. The van der Waals surface area contributed by atoms with Gasteiger partial charge in [-0.1, -0.05) is 49.0 Å². The van der Waals surface area contributed by atoms with Gasteiger partial charge in [0, 0.05) is 16.1 Å². The quantitative estimate of drug-likeness (QED) is 0.781. The summed E-state index contributed by atoms with van der Waals surface area (Å²) in [6.07, 6.45) is 5.08. The van der Waals surface area contributed by atoms with Crippen LogP contribution in [0.3, 0.4) is 0 Å². The van der Waals surface area contributed by atoms with E-state index < -0.39 is 0 Å². The number of rotatable bonds is 6. The van der Waals surface area contributed by atoms with E-state index in [4.69, 9.17) is 23.2 Å². The van der Waals surface area contributed by atoms with Crippen LogP contribution in [0.5, 0.6) is 0 Å². The van der Waals surface area contributed by atoms with Gasteiger partial charge in [0.15, 0.2) is 0 Å². The molecule has 3 heteroatoms. The molecule has 0 saturated heterocycles. The van der Waals surface area contributed by atoms with Crippen LogP contribution in [0.4, 0.5) is 0 Å². The van der Waals surface area contributed by atoms with Gasteiger partial charge in [0.1, 0.15) is 0 Å². The third-order valence-corrected chi connectivity index (χ3v) is 3.81. The van der Waals surface area contributed by atoms with Crippen LogP contribution in [0, 0.1) is 5.92 Å². The average molecular weight is 272 g/mol. The summed E-state index contributed by atoms with van der Waals surface area (Å²) in [7, 11) is 0. The van der Waals surface area contributed by atoms with Crippen LogP contribution in [0.25, 0.3) is 0 Å². The topological polar surface area (TPSA) is 12.0 Å². The second kappa shape index (κ2) is 6.08. The highest BCUT2D eigenvalue weighted by Gasteiger charge is 2.26. The molecule has 17 heavy (non-hydrogen) atoms. The molecule has 0 spiro atoms. The highest BCUT2D eigenvalue weighted by molar-refractivity contribution is 6.35. The van der Waals surface area contributed by atoms with Crippen LogP contribution in [-0.2, 0) is 0 Å². The Morgan fingerprint density at radius 1 is 1.35 bits per heavy atom. The number of halogens is 2. The Morgan fingerprint density at radius 2 is 2.12 bits per heavy atom. The van der Waals surface area contributed by atoms with Crippen LogP contribution in [-0.4, -0.2) is 6.54 Å². The number of benzene rings is 1. The fourth-order valence-electron chi connectivity index (χ4n) is 2.11. The van der Waals surface area contributed by atoms with Gasteiger partial charge >= 0.3 is 0 Å². The Morgan fingerprint density at radius 3 is 2.71 bits per heavy atom. The van der Waals surface area contributed by atoms with Gasteiger partial charge in [0.2, 0.25) is 0 Å². The lowest BCUT2D eigenvalue weighted by atomic mass is 10.0. The van der Waals surface area contributed by atoms with Gasteiger partial charge in [-0.05, 0) is 43.0 Å². The van der Waals surface area contributed by atoms with Crippen LogP contribution in [0.15, 0.2) is 18.2 Å². The fraction of sp³-hybridized carbons (Fsp3) is 0.571. The maximum Gasteiger partial charge on any atom is 0.0468 e. The summed E-state index contributed by atoms with van der Waals surface area (Å²) in [4.78, 5) is 0. The second-order valence-corrected chi connectivity index (χ2v) is 5.70. The largest absolute Gasteiger partial charge is 0.310 e. The van der Waals surface area contributed by atoms with Gasteiger partial charge in [0.25, 0.3) is 0 Å². The zero-order valence-corrected chi connectivity index (χ0v) is 11.7. The Bertz CT molecular complexity index is 374. The summed E-state index contributed by atoms with van der Waals surface area (Å²) >= 11 is 12.2. The molecule has 1 unspecified atom stereocenters. The van der Waals surface area contributed by atoms with E-state index in [2.05, 4.69) is 18.3 Å². The van der Waals surface area contributed by atoms with Gasteiger partial charge < -0.3 is 5.32 Å². The summed E-state index contributed by atoms with van der Waals surface area (Å²) in [6.45, 7) is 3.22. The van der Waals surface area contributed by atoms with Crippen molar-refractivity contribution in [1.29, 1.82) is 0 Å². The summed E-state index contributed by atoms with van der Waals surface area (Å²) in [5, 5.41) is 5.08. The Kier molecular flexibility index (Phi) is 4.72. The van der Waals surface area contributed by atoms with Gasteiger partial charge in [-0.15, -0.1) is 0 Å². The lowest BCUT2D eigenvalue weighted by Crippen LogP contribution is -2.23. The molecule has 0 heterocycles. The second-order valence-electron chi connectivity index (χ2n) is 4.85. The molecule has 1 aromatic carbocycles. The Balaban J connectivity index is 2.11. The first-order valence-corrected chi connectivity index (χ1v) is 7.14. The molecular weight excluding hydrogens is 253 g/mol. The monoisotopic (exact) mass is 271 g/mol. The zero-order valence-electron chi connectivity index (χ0n) is 10.2. The van der Waals surface area contributed by atoms with Crippen molar-refractivity contribution in [3.8, 4) is 0 Å². The first kappa shape index (κ1) is 13.2. The molecule has 2 rings (SSSR count). The minimum absolute atomic E-state index is 0.382. The van der Waals surface area contributed by atoms with Gasteiger partial charge in [-0.2, -0.15) is 0 Å². The summed E-state index contributed by atoms with van der Waals surface area (Å²) in [5.74, 6) is 0.885. The van der Waals surface area contributed by atoms with E-state index in [9.17, 15) is 0 Å². The average Bonchev–Trinajstić information content (AvgIpc) is 3.08. The highest BCUT2D eigenvalue weighted by atomic mass is 35.5. The molecule has 1 N–H and O–H groups in total. The van der Waals surface area contributed by atoms with E-state index in [-0.39, 0.29) is 0 Å². The lowest BCUT2D eigenvalue weighted by molar-refractivity contribution is 0.474. The van der Waals surface area contributed by atoms with Crippen LogP contribution < -0.4 is 5.32 Å². The first-order chi connectivity index (χ1) is 8.20. The van der Waals surface area contributed by atoms with E-state index in [0.717, 1.165) is 23.9 Å². The SMILES string of the molecule is CCCNC(CC1CC1)c1ccc(Cl)cc1Cl. The Labute approximate surface area is 114 Å². The first-order valence-electron chi connectivity index (χ1n) is 6.39. The van der Waals surface area contributed by atoms with Crippen molar-refractivity contribution >= 4 is 23.2 Å². The fourth-order valence-corrected chi connectivity index (χ4v) is 2.65. The smallest absolute Gasteiger partial charge is 0.0468 e. The minimum atomic E-state index is 0.382. The van der Waals surface area contributed by atoms with Crippen molar-refractivity contribution in [2.75, 3.05) is 6.54 Å². The van der Waals surface area contributed by atoms with Crippen molar-refractivity contribution < 1.29 is 0 Å². The molecule has 0 aliphatic heterocycles. The standard InChI is InChI=1S/C14H19Cl2N/c1-2-7-17-14(8-10-3-4-10)12-6-5-11(15)9-13(12)16/h5-6,9-10,14,17H,2-4,7-8H2,1H3. The predicted molar refractivity (Wildman–Crippen MR) is 74.8 cm³/mol. The molecule has 94 valence electrons. The molecule has 1 aromatic rings. The number of hydrogen-bond acceptors (Lipinski definition) is 1. The molecule has 1 fully saturated rings. The molecule has 1 saturated carbocycles. The molecule has 1 nitrogen and oxygen atoms in total. The van der Waals surface area contributed by atoms with Crippen molar-refractivity contribution in [2.24, 2.45) is 5.92 Å². The molecule has 1 aliphatic rings. The van der Waals surface area contributed by atoms with Crippen molar-refractivity contribution in [1.82, 2.24) is 5.32 Å². The molecule has 0 radical (unpaired) electrons. The highest BCUT2D eigenvalue weighted by Crippen LogP contribution is 2.39. The zero-order chi connectivity index (χ0) is 12.3. The van der Waals surface area contributed by atoms with Gasteiger partial charge in [-0.25, -0.2) is 0 Å². The van der Waals surface area contributed by atoms with E-state index >= 15 is 0 Å². The van der Waals surface area contributed by atoms with Crippen LogP contribution >= 0.6 is 23.2 Å². The summed E-state index contributed by atoms with van der Waals surface area (Å²) in [6, 6.07) is 6.20. The molecule has 0 aromatic heterocycles.